The van der Waals surface area contributed by atoms with Crippen molar-refractivity contribution in [2.24, 2.45) is 0 Å². The Kier molecular flexibility index (Phi) is 5.97. The lowest BCUT2D eigenvalue weighted by molar-refractivity contribution is -0.120. The van der Waals surface area contributed by atoms with Crippen molar-refractivity contribution in [3.05, 3.63) is 58.7 Å². The summed E-state index contributed by atoms with van der Waals surface area (Å²) in [6.45, 7) is 9.50. The van der Waals surface area contributed by atoms with E-state index < -0.39 is 0 Å². The first-order chi connectivity index (χ1) is 11.8. The zero-order chi connectivity index (χ0) is 18.6. The Labute approximate surface area is 149 Å². The number of anilines is 2. The monoisotopic (exact) mass is 338 g/mol. The number of para-hydroxylation sites is 1. The second-order valence-corrected chi connectivity index (χ2v) is 6.34. The quantitative estimate of drug-likeness (QED) is 0.889. The van der Waals surface area contributed by atoms with Crippen LogP contribution in [0.3, 0.4) is 0 Å². The van der Waals surface area contributed by atoms with Gasteiger partial charge in [-0.25, -0.2) is 0 Å². The third-order valence-corrected chi connectivity index (χ3v) is 4.53. The SMILES string of the molecule is CCc1cccc(C)c1N(CC(=O)Nc1cccc(C)c1C)C(C)=O. The summed E-state index contributed by atoms with van der Waals surface area (Å²) in [5.74, 6) is -0.339. The van der Waals surface area contributed by atoms with Crippen LogP contribution in [0.25, 0.3) is 0 Å². The lowest BCUT2D eigenvalue weighted by Gasteiger charge is -2.25. The van der Waals surface area contributed by atoms with E-state index in [2.05, 4.69) is 5.32 Å². The second kappa shape index (κ2) is 7.97. The van der Waals surface area contributed by atoms with Gasteiger partial charge in [0.05, 0.1) is 5.69 Å². The zero-order valence-electron chi connectivity index (χ0n) is 15.6. The van der Waals surface area contributed by atoms with Gasteiger partial charge in [0.15, 0.2) is 0 Å². The molecular formula is C21H26N2O2. The molecule has 0 aromatic heterocycles. The molecule has 0 spiro atoms. The maximum atomic E-state index is 12.6. The number of hydrogen-bond acceptors (Lipinski definition) is 2. The van der Waals surface area contributed by atoms with E-state index in [0.717, 1.165) is 40.0 Å². The molecule has 0 bridgehead atoms. The molecule has 2 rings (SSSR count). The summed E-state index contributed by atoms with van der Waals surface area (Å²) in [6.07, 6.45) is 0.805. The molecule has 0 fully saturated rings. The predicted octanol–water partition coefficient (Wildman–Crippen LogP) is 4.17. The number of amides is 2. The Morgan fingerprint density at radius 1 is 1.00 bits per heavy atom. The maximum absolute atomic E-state index is 12.6. The maximum Gasteiger partial charge on any atom is 0.244 e. The van der Waals surface area contributed by atoms with Crippen molar-refractivity contribution in [2.45, 2.75) is 41.0 Å². The van der Waals surface area contributed by atoms with Gasteiger partial charge in [-0.3, -0.25) is 9.59 Å². The molecule has 2 amide bonds. The lowest BCUT2D eigenvalue weighted by atomic mass is 10.0. The molecule has 0 saturated heterocycles. The molecule has 4 nitrogen and oxygen atoms in total. The van der Waals surface area contributed by atoms with Crippen molar-refractivity contribution >= 4 is 23.2 Å². The Balaban J connectivity index is 2.27. The fraction of sp³-hybridized carbons (Fsp3) is 0.333. The van der Waals surface area contributed by atoms with Crippen molar-refractivity contribution in [1.82, 2.24) is 0 Å². The van der Waals surface area contributed by atoms with Crippen molar-refractivity contribution in [3.8, 4) is 0 Å². The highest BCUT2D eigenvalue weighted by Gasteiger charge is 2.20. The largest absolute Gasteiger partial charge is 0.324 e. The van der Waals surface area contributed by atoms with Gasteiger partial charge in [-0.2, -0.15) is 0 Å². The first-order valence-electron chi connectivity index (χ1n) is 8.57. The van der Waals surface area contributed by atoms with Crippen LogP contribution in [-0.2, 0) is 16.0 Å². The molecule has 2 aromatic carbocycles. The number of nitrogens with zero attached hydrogens (tertiary/aromatic N) is 1. The van der Waals surface area contributed by atoms with Crippen LogP contribution in [0.4, 0.5) is 11.4 Å². The molecule has 4 heteroatoms. The summed E-state index contributed by atoms with van der Waals surface area (Å²) in [6, 6.07) is 11.7. The molecule has 0 aliphatic rings. The highest BCUT2D eigenvalue weighted by atomic mass is 16.2. The number of rotatable bonds is 5. The summed E-state index contributed by atoms with van der Waals surface area (Å²) < 4.78 is 0. The molecule has 1 N–H and O–H groups in total. The van der Waals surface area contributed by atoms with E-state index in [1.807, 2.05) is 64.1 Å². The average Bonchev–Trinajstić information content (AvgIpc) is 2.57. The number of hydrogen-bond donors (Lipinski definition) is 1. The molecule has 0 aliphatic heterocycles. The topological polar surface area (TPSA) is 49.4 Å². The van der Waals surface area contributed by atoms with E-state index in [4.69, 9.17) is 0 Å². The summed E-state index contributed by atoms with van der Waals surface area (Å²) >= 11 is 0. The van der Waals surface area contributed by atoms with E-state index in [1.165, 1.54) is 6.92 Å². The molecular weight excluding hydrogens is 312 g/mol. The second-order valence-electron chi connectivity index (χ2n) is 6.34. The van der Waals surface area contributed by atoms with Crippen LogP contribution in [0, 0.1) is 20.8 Å². The number of benzene rings is 2. The van der Waals surface area contributed by atoms with Crippen LogP contribution in [0.5, 0.6) is 0 Å². The van der Waals surface area contributed by atoms with Gasteiger partial charge < -0.3 is 10.2 Å². The van der Waals surface area contributed by atoms with Crippen molar-refractivity contribution in [2.75, 3.05) is 16.8 Å². The summed E-state index contributed by atoms with van der Waals surface area (Å²) in [7, 11) is 0. The standard InChI is InChI=1S/C21H26N2O2/c1-6-18-11-7-10-15(3)21(18)23(17(5)24)13-20(25)22-19-12-8-9-14(2)16(19)4/h7-12H,6,13H2,1-5H3,(H,22,25). The lowest BCUT2D eigenvalue weighted by Crippen LogP contribution is -2.37. The Morgan fingerprint density at radius 3 is 2.28 bits per heavy atom. The van der Waals surface area contributed by atoms with Gasteiger partial charge in [0.25, 0.3) is 0 Å². The van der Waals surface area contributed by atoms with Crippen molar-refractivity contribution in [1.29, 1.82) is 0 Å². The van der Waals surface area contributed by atoms with E-state index in [9.17, 15) is 9.59 Å². The highest BCUT2D eigenvalue weighted by molar-refractivity contribution is 6.03. The predicted molar refractivity (Wildman–Crippen MR) is 103 cm³/mol. The number of carbonyl (C=O) groups is 2. The summed E-state index contributed by atoms with van der Waals surface area (Å²) in [4.78, 5) is 26.4. The van der Waals surface area contributed by atoms with Gasteiger partial charge in [-0.1, -0.05) is 37.3 Å². The fourth-order valence-electron chi connectivity index (χ4n) is 2.96. The van der Waals surface area contributed by atoms with Gasteiger partial charge in [0.2, 0.25) is 11.8 Å². The molecule has 0 radical (unpaired) electrons. The molecule has 132 valence electrons. The van der Waals surface area contributed by atoms with Crippen LogP contribution in [0.15, 0.2) is 36.4 Å². The number of nitrogens with one attached hydrogen (secondary N) is 1. The highest BCUT2D eigenvalue weighted by Crippen LogP contribution is 2.26. The average molecular weight is 338 g/mol. The smallest absolute Gasteiger partial charge is 0.244 e. The Bertz CT molecular complexity index is 796. The third-order valence-electron chi connectivity index (χ3n) is 4.53. The molecule has 0 saturated carbocycles. The fourth-order valence-corrected chi connectivity index (χ4v) is 2.96. The normalized spacial score (nSPS) is 10.4. The molecule has 0 atom stereocenters. The van der Waals surface area contributed by atoms with Crippen LogP contribution in [0.2, 0.25) is 0 Å². The van der Waals surface area contributed by atoms with Crippen molar-refractivity contribution in [3.63, 3.8) is 0 Å². The Morgan fingerprint density at radius 2 is 1.64 bits per heavy atom. The van der Waals surface area contributed by atoms with Gasteiger partial charge in [0.1, 0.15) is 6.54 Å². The van der Waals surface area contributed by atoms with Crippen LogP contribution in [0.1, 0.15) is 36.1 Å². The summed E-state index contributed by atoms with van der Waals surface area (Å²) in [5.41, 5.74) is 5.84. The van der Waals surface area contributed by atoms with Crippen molar-refractivity contribution < 1.29 is 9.59 Å². The number of aryl methyl sites for hydroxylation is 3. The molecule has 25 heavy (non-hydrogen) atoms. The van der Waals surface area contributed by atoms with Gasteiger partial charge in [-0.15, -0.1) is 0 Å². The van der Waals surface area contributed by atoms with E-state index >= 15 is 0 Å². The van der Waals surface area contributed by atoms with E-state index in [0.29, 0.717) is 0 Å². The molecule has 0 unspecified atom stereocenters. The third kappa shape index (κ3) is 4.27. The minimum atomic E-state index is -0.200. The molecule has 0 heterocycles. The van der Waals surface area contributed by atoms with E-state index in [-0.39, 0.29) is 18.4 Å². The van der Waals surface area contributed by atoms with Gasteiger partial charge in [0, 0.05) is 12.6 Å². The van der Waals surface area contributed by atoms with E-state index in [1.54, 1.807) is 4.90 Å². The van der Waals surface area contributed by atoms with Crippen LogP contribution >= 0.6 is 0 Å². The molecule has 0 aliphatic carbocycles. The first kappa shape index (κ1) is 18.7. The minimum absolute atomic E-state index is 0.000564. The first-order valence-corrected chi connectivity index (χ1v) is 8.57. The summed E-state index contributed by atoms with van der Waals surface area (Å²) in [5, 5.41) is 2.93. The minimum Gasteiger partial charge on any atom is -0.324 e. The van der Waals surface area contributed by atoms with Gasteiger partial charge in [-0.05, 0) is 55.5 Å². The number of carbonyl (C=O) groups excluding carboxylic acids is 2. The van der Waals surface area contributed by atoms with Crippen LogP contribution < -0.4 is 10.2 Å². The molecule has 2 aromatic rings. The zero-order valence-corrected chi connectivity index (χ0v) is 15.6. The van der Waals surface area contributed by atoms with Crippen LogP contribution in [-0.4, -0.2) is 18.4 Å². The Hall–Kier alpha value is -2.62. The van der Waals surface area contributed by atoms with Gasteiger partial charge >= 0.3 is 0 Å².